The van der Waals surface area contributed by atoms with Crippen molar-refractivity contribution < 1.29 is 9.47 Å². The second-order valence-corrected chi connectivity index (χ2v) is 7.13. The minimum absolute atomic E-state index is 0.428. The SMILES string of the molecule is CC(=Cc1ccccc1)/C=N\Nc1nc(N2CCOCC2)nc(N2CCOCC2)n1. The van der Waals surface area contributed by atoms with Crippen molar-refractivity contribution in [3.05, 3.63) is 41.5 Å². The Hall–Kier alpha value is -3.04. The Bertz CT molecular complexity index is 840. The second-order valence-electron chi connectivity index (χ2n) is 7.13. The Morgan fingerprint density at radius 3 is 2.03 bits per heavy atom. The van der Waals surface area contributed by atoms with Crippen molar-refractivity contribution in [1.29, 1.82) is 0 Å². The average Bonchev–Trinajstić information content (AvgIpc) is 2.81. The Balaban J connectivity index is 1.51. The number of hydrogen-bond donors (Lipinski definition) is 1. The number of ether oxygens (including phenoxy) is 2. The fourth-order valence-electron chi connectivity index (χ4n) is 3.25. The molecule has 1 aromatic carbocycles. The molecule has 3 heterocycles. The number of anilines is 3. The van der Waals surface area contributed by atoms with Gasteiger partial charge in [0.2, 0.25) is 17.8 Å². The predicted octanol–water partition coefficient (Wildman–Crippen LogP) is 2.05. The molecule has 9 nitrogen and oxygen atoms in total. The smallest absolute Gasteiger partial charge is 0.250 e. The monoisotopic (exact) mass is 409 g/mol. The summed E-state index contributed by atoms with van der Waals surface area (Å²) in [4.78, 5) is 18.1. The number of aromatic nitrogens is 3. The number of morpholine rings is 2. The molecular weight excluding hydrogens is 382 g/mol. The van der Waals surface area contributed by atoms with Crippen LogP contribution in [0.1, 0.15) is 12.5 Å². The van der Waals surface area contributed by atoms with Crippen LogP contribution in [0.15, 0.2) is 41.0 Å². The number of allylic oxidation sites excluding steroid dienone is 1. The van der Waals surface area contributed by atoms with Gasteiger partial charge in [0.1, 0.15) is 0 Å². The summed E-state index contributed by atoms with van der Waals surface area (Å²) in [6, 6.07) is 10.1. The molecule has 2 fully saturated rings. The highest BCUT2D eigenvalue weighted by atomic mass is 16.5. The Morgan fingerprint density at radius 1 is 0.900 bits per heavy atom. The maximum Gasteiger partial charge on any atom is 0.250 e. The lowest BCUT2D eigenvalue weighted by molar-refractivity contribution is 0.121. The van der Waals surface area contributed by atoms with Crippen molar-refractivity contribution in [3.8, 4) is 0 Å². The minimum atomic E-state index is 0.428. The van der Waals surface area contributed by atoms with Gasteiger partial charge in [0.25, 0.3) is 0 Å². The van der Waals surface area contributed by atoms with E-state index < -0.39 is 0 Å². The van der Waals surface area contributed by atoms with E-state index in [1.165, 1.54) is 0 Å². The van der Waals surface area contributed by atoms with E-state index in [9.17, 15) is 0 Å². The van der Waals surface area contributed by atoms with Crippen molar-refractivity contribution in [2.24, 2.45) is 5.10 Å². The highest BCUT2D eigenvalue weighted by molar-refractivity contribution is 5.85. The first-order valence-electron chi connectivity index (χ1n) is 10.2. The first kappa shape index (κ1) is 20.2. The van der Waals surface area contributed by atoms with Crippen molar-refractivity contribution in [3.63, 3.8) is 0 Å². The summed E-state index contributed by atoms with van der Waals surface area (Å²) >= 11 is 0. The van der Waals surface area contributed by atoms with Crippen molar-refractivity contribution in [2.75, 3.05) is 67.8 Å². The molecule has 2 aliphatic rings. The standard InChI is InChI=1S/C21H27N7O2/c1-17(15-18-5-3-2-4-6-18)16-22-26-19-23-20(27-7-11-29-12-8-27)25-21(24-19)28-9-13-30-14-10-28/h2-6,15-16H,7-14H2,1H3,(H,23,24,25,26)/b17-15?,22-16-. The third kappa shape index (κ3) is 5.52. The molecular formula is C21H27N7O2. The second kappa shape index (κ2) is 10.1. The zero-order valence-corrected chi connectivity index (χ0v) is 17.2. The van der Waals surface area contributed by atoms with E-state index >= 15 is 0 Å². The van der Waals surface area contributed by atoms with Crippen LogP contribution in [-0.4, -0.2) is 73.8 Å². The summed E-state index contributed by atoms with van der Waals surface area (Å²) in [6.07, 6.45) is 3.83. The van der Waals surface area contributed by atoms with Gasteiger partial charge in [-0.1, -0.05) is 36.4 Å². The zero-order chi connectivity index (χ0) is 20.6. The maximum atomic E-state index is 5.45. The maximum absolute atomic E-state index is 5.45. The molecule has 0 atom stereocenters. The molecule has 2 aliphatic heterocycles. The Kier molecular flexibility index (Phi) is 6.83. The summed E-state index contributed by atoms with van der Waals surface area (Å²) in [6.45, 7) is 7.71. The fourth-order valence-corrected chi connectivity index (χ4v) is 3.25. The van der Waals surface area contributed by atoms with E-state index in [1.54, 1.807) is 6.21 Å². The molecule has 1 N–H and O–H groups in total. The van der Waals surface area contributed by atoms with Gasteiger partial charge in [0.05, 0.1) is 32.6 Å². The summed E-state index contributed by atoms with van der Waals surface area (Å²) < 4.78 is 10.9. The van der Waals surface area contributed by atoms with Gasteiger partial charge in [-0.15, -0.1) is 0 Å². The summed E-state index contributed by atoms with van der Waals surface area (Å²) in [5, 5.41) is 4.33. The quantitative estimate of drug-likeness (QED) is 0.573. The first-order valence-corrected chi connectivity index (χ1v) is 10.2. The van der Waals surface area contributed by atoms with E-state index in [0.29, 0.717) is 44.3 Å². The number of hydrogen-bond acceptors (Lipinski definition) is 9. The molecule has 9 heteroatoms. The number of hydrazone groups is 1. The van der Waals surface area contributed by atoms with Gasteiger partial charge in [-0.3, -0.25) is 0 Å². The van der Waals surface area contributed by atoms with Gasteiger partial charge in [0.15, 0.2) is 0 Å². The third-order valence-corrected chi connectivity index (χ3v) is 4.83. The van der Waals surface area contributed by atoms with Gasteiger partial charge in [-0.05, 0) is 18.1 Å². The van der Waals surface area contributed by atoms with Gasteiger partial charge in [-0.2, -0.15) is 20.1 Å². The molecule has 30 heavy (non-hydrogen) atoms. The Morgan fingerprint density at radius 2 is 1.47 bits per heavy atom. The summed E-state index contributed by atoms with van der Waals surface area (Å²) in [7, 11) is 0. The molecule has 0 saturated carbocycles. The van der Waals surface area contributed by atoms with E-state index in [4.69, 9.17) is 14.5 Å². The predicted molar refractivity (Wildman–Crippen MR) is 118 cm³/mol. The summed E-state index contributed by atoms with van der Waals surface area (Å²) in [5.74, 6) is 1.71. The molecule has 4 rings (SSSR count). The average molecular weight is 409 g/mol. The van der Waals surface area contributed by atoms with Crippen LogP contribution in [0, 0.1) is 0 Å². The number of benzene rings is 1. The molecule has 0 bridgehead atoms. The van der Waals surface area contributed by atoms with Crippen LogP contribution in [-0.2, 0) is 9.47 Å². The number of nitrogens with zero attached hydrogens (tertiary/aromatic N) is 6. The van der Waals surface area contributed by atoms with Gasteiger partial charge < -0.3 is 19.3 Å². The molecule has 2 saturated heterocycles. The lowest BCUT2D eigenvalue weighted by atomic mass is 10.1. The topological polar surface area (TPSA) is 88.0 Å². The van der Waals surface area contributed by atoms with Crippen molar-refractivity contribution in [1.82, 2.24) is 15.0 Å². The molecule has 1 aromatic heterocycles. The molecule has 158 valence electrons. The molecule has 0 amide bonds. The molecule has 0 spiro atoms. The highest BCUT2D eigenvalue weighted by Gasteiger charge is 2.20. The van der Waals surface area contributed by atoms with E-state index in [2.05, 4.69) is 48.5 Å². The van der Waals surface area contributed by atoms with E-state index in [-0.39, 0.29) is 0 Å². The number of rotatable bonds is 6. The molecule has 2 aromatic rings. The minimum Gasteiger partial charge on any atom is -0.378 e. The van der Waals surface area contributed by atoms with Crippen LogP contribution in [0.5, 0.6) is 0 Å². The van der Waals surface area contributed by atoms with Crippen molar-refractivity contribution in [2.45, 2.75) is 6.92 Å². The molecule has 0 radical (unpaired) electrons. The van der Waals surface area contributed by atoms with E-state index in [0.717, 1.165) is 37.3 Å². The normalized spacial score (nSPS) is 18.1. The lowest BCUT2D eigenvalue weighted by Gasteiger charge is -2.30. The van der Waals surface area contributed by atoms with Crippen LogP contribution in [0.2, 0.25) is 0 Å². The molecule has 0 unspecified atom stereocenters. The summed E-state index contributed by atoms with van der Waals surface area (Å²) in [5.41, 5.74) is 5.12. The van der Waals surface area contributed by atoms with Gasteiger partial charge in [-0.25, -0.2) is 5.43 Å². The zero-order valence-electron chi connectivity index (χ0n) is 17.2. The third-order valence-electron chi connectivity index (χ3n) is 4.83. The van der Waals surface area contributed by atoms with E-state index in [1.807, 2.05) is 25.1 Å². The highest BCUT2D eigenvalue weighted by Crippen LogP contribution is 2.18. The number of nitrogens with one attached hydrogen (secondary N) is 1. The van der Waals surface area contributed by atoms with Crippen LogP contribution in [0.4, 0.5) is 17.8 Å². The van der Waals surface area contributed by atoms with Crippen LogP contribution < -0.4 is 15.2 Å². The Labute approximate surface area is 176 Å². The molecule has 0 aliphatic carbocycles. The lowest BCUT2D eigenvalue weighted by Crippen LogP contribution is -2.40. The van der Waals surface area contributed by atoms with Crippen molar-refractivity contribution >= 4 is 30.1 Å². The van der Waals surface area contributed by atoms with Crippen LogP contribution in [0.25, 0.3) is 6.08 Å². The van der Waals surface area contributed by atoms with Crippen LogP contribution >= 0.6 is 0 Å². The fraction of sp³-hybridized carbons (Fsp3) is 0.429. The van der Waals surface area contributed by atoms with Crippen LogP contribution in [0.3, 0.4) is 0 Å². The first-order chi connectivity index (χ1) is 14.8. The van der Waals surface area contributed by atoms with Gasteiger partial charge >= 0.3 is 0 Å². The van der Waals surface area contributed by atoms with Gasteiger partial charge in [0, 0.05) is 26.2 Å². The largest absolute Gasteiger partial charge is 0.378 e.